The second kappa shape index (κ2) is 8.44. The average Bonchev–Trinajstić information content (AvgIpc) is 3.06. The number of rotatable bonds is 6. The Morgan fingerprint density at radius 2 is 1.96 bits per heavy atom. The molecule has 1 fully saturated rings. The second-order valence-corrected chi connectivity index (χ2v) is 8.33. The first kappa shape index (κ1) is 18.5. The van der Waals surface area contributed by atoms with Crippen LogP contribution in [0.2, 0.25) is 0 Å². The van der Waals surface area contributed by atoms with Crippen LogP contribution >= 0.6 is 11.3 Å². The van der Waals surface area contributed by atoms with Crippen LogP contribution < -0.4 is 0 Å². The summed E-state index contributed by atoms with van der Waals surface area (Å²) in [6, 6.07) is 14.9. The number of thiazole rings is 1. The fourth-order valence-electron chi connectivity index (χ4n) is 3.81. The van der Waals surface area contributed by atoms with Crippen LogP contribution in [-0.4, -0.2) is 57.2 Å². The molecule has 27 heavy (non-hydrogen) atoms. The zero-order valence-corrected chi connectivity index (χ0v) is 16.5. The predicted octanol–water partition coefficient (Wildman–Crippen LogP) is 3.07. The number of pyridine rings is 1. The molecule has 1 N–H and O–H groups in total. The van der Waals surface area contributed by atoms with E-state index in [-0.39, 0.29) is 6.61 Å². The number of aliphatic hydroxyl groups excluding tert-OH is 1. The Morgan fingerprint density at radius 3 is 2.78 bits per heavy atom. The summed E-state index contributed by atoms with van der Waals surface area (Å²) in [4.78, 5) is 14.4. The van der Waals surface area contributed by atoms with Crippen molar-refractivity contribution in [2.45, 2.75) is 32.5 Å². The summed E-state index contributed by atoms with van der Waals surface area (Å²) >= 11 is 1.78. The molecule has 0 aliphatic carbocycles. The van der Waals surface area contributed by atoms with E-state index >= 15 is 0 Å². The number of nitrogens with zero attached hydrogens (tertiary/aromatic N) is 4. The van der Waals surface area contributed by atoms with Gasteiger partial charge in [-0.05, 0) is 37.6 Å². The van der Waals surface area contributed by atoms with Crippen molar-refractivity contribution in [3.05, 3.63) is 58.9 Å². The predicted molar refractivity (Wildman–Crippen MR) is 110 cm³/mol. The van der Waals surface area contributed by atoms with Crippen molar-refractivity contribution in [3.8, 4) is 0 Å². The molecule has 0 radical (unpaired) electrons. The minimum atomic E-state index is 0.220. The van der Waals surface area contributed by atoms with Crippen LogP contribution in [0.15, 0.2) is 42.5 Å². The molecule has 1 unspecified atom stereocenters. The summed E-state index contributed by atoms with van der Waals surface area (Å²) < 4.78 is 1.25. The highest BCUT2D eigenvalue weighted by Crippen LogP contribution is 2.24. The largest absolute Gasteiger partial charge is 0.396 e. The van der Waals surface area contributed by atoms with Gasteiger partial charge in [0, 0.05) is 44.5 Å². The van der Waals surface area contributed by atoms with Crippen molar-refractivity contribution in [1.29, 1.82) is 0 Å². The molecule has 3 heterocycles. The summed E-state index contributed by atoms with van der Waals surface area (Å²) in [7, 11) is 0. The van der Waals surface area contributed by atoms with Gasteiger partial charge in [-0.1, -0.05) is 18.2 Å². The Hall–Kier alpha value is -1.86. The molecule has 0 spiro atoms. The average molecular weight is 383 g/mol. The monoisotopic (exact) mass is 382 g/mol. The normalized spacial score (nSPS) is 19.0. The molecule has 0 saturated carbocycles. The van der Waals surface area contributed by atoms with Gasteiger partial charge in [0.25, 0.3) is 0 Å². The van der Waals surface area contributed by atoms with Crippen molar-refractivity contribution in [2.75, 3.05) is 26.2 Å². The molecule has 1 aromatic carbocycles. The van der Waals surface area contributed by atoms with E-state index in [1.807, 2.05) is 19.1 Å². The molecule has 1 aliphatic rings. The second-order valence-electron chi connectivity index (χ2n) is 7.22. The summed E-state index contributed by atoms with van der Waals surface area (Å²) in [5.41, 5.74) is 3.26. The fraction of sp³-hybridized carbons (Fsp3) is 0.429. The van der Waals surface area contributed by atoms with Crippen molar-refractivity contribution in [1.82, 2.24) is 19.8 Å². The standard InChI is InChI=1S/C21H26N4OS/c1-16-5-4-6-17(22-16)13-25-11-10-24(14-18(25)9-12-26)15-21-23-19-7-2-3-8-20(19)27-21/h2-8,18,26H,9-15H2,1H3. The number of fused-ring (bicyclic) bond motifs is 1. The number of benzene rings is 1. The van der Waals surface area contributed by atoms with Crippen LogP contribution in [0.3, 0.4) is 0 Å². The van der Waals surface area contributed by atoms with E-state index in [4.69, 9.17) is 4.98 Å². The van der Waals surface area contributed by atoms with Crippen LogP contribution in [0.4, 0.5) is 0 Å². The number of aryl methyl sites for hydroxylation is 1. The van der Waals surface area contributed by atoms with E-state index in [0.29, 0.717) is 6.04 Å². The van der Waals surface area contributed by atoms with E-state index < -0.39 is 0 Å². The molecule has 2 aromatic heterocycles. The molecule has 0 bridgehead atoms. The third-order valence-corrected chi connectivity index (χ3v) is 6.18. The van der Waals surface area contributed by atoms with E-state index in [1.165, 1.54) is 9.71 Å². The number of aromatic nitrogens is 2. The Balaban J connectivity index is 1.42. The Kier molecular flexibility index (Phi) is 5.78. The fourth-order valence-corrected chi connectivity index (χ4v) is 4.82. The van der Waals surface area contributed by atoms with Gasteiger partial charge in [0.2, 0.25) is 0 Å². The first-order valence-electron chi connectivity index (χ1n) is 9.55. The van der Waals surface area contributed by atoms with Crippen LogP contribution in [0, 0.1) is 6.92 Å². The SMILES string of the molecule is Cc1cccc(CN2CCN(Cc3nc4ccccc4s3)CC2CCO)n1. The van der Waals surface area contributed by atoms with Crippen LogP contribution in [0.1, 0.15) is 22.8 Å². The molecule has 5 nitrogen and oxygen atoms in total. The lowest BCUT2D eigenvalue weighted by molar-refractivity contribution is 0.0491. The minimum Gasteiger partial charge on any atom is -0.396 e. The highest BCUT2D eigenvalue weighted by Gasteiger charge is 2.27. The van der Waals surface area contributed by atoms with Crippen molar-refractivity contribution >= 4 is 21.6 Å². The minimum absolute atomic E-state index is 0.220. The van der Waals surface area contributed by atoms with Gasteiger partial charge in [0.1, 0.15) is 5.01 Å². The smallest absolute Gasteiger partial charge is 0.108 e. The molecule has 1 atom stereocenters. The van der Waals surface area contributed by atoms with Gasteiger partial charge in [-0.2, -0.15) is 0 Å². The first-order chi connectivity index (χ1) is 13.2. The van der Waals surface area contributed by atoms with Gasteiger partial charge in [0.15, 0.2) is 0 Å². The van der Waals surface area contributed by atoms with Crippen LogP contribution in [0.25, 0.3) is 10.2 Å². The van der Waals surface area contributed by atoms with E-state index in [1.54, 1.807) is 11.3 Å². The molecule has 1 aliphatic heterocycles. The van der Waals surface area contributed by atoms with Gasteiger partial charge in [0.05, 0.1) is 22.5 Å². The first-order valence-corrected chi connectivity index (χ1v) is 10.4. The lowest BCUT2D eigenvalue weighted by atomic mass is 10.1. The van der Waals surface area contributed by atoms with Crippen molar-refractivity contribution in [3.63, 3.8) is 0 Å². The molecule has 4 rings (SSSR count). The quantitative estimate of drug-likeness (QED) is 0.710. The van der Waals surface area contributed by atoms with E-state index in [2.05, 4.69) is 45.1 Å². The van der Waals surface area contributed by atoms with Gasteiger partial charge < -0.3 is 5.11 Å². The topological polar surface area (TPSA) is 52.5 Å². The number of para-hydroxylation sites is 1. The Morgan fingerprint density at radius 1 is 1.07 bits per heavy atom. The summed E-state index contributed by atoms with van der Waals surface area (Å²) in [6.07, 6.45) is 0.794. The highest BCUT2D eigenvalue weighted by molar-refractivity contribution is 7.18. The number of hydrogen-bond donors (Lipinski definition) is 1. The van der Waals surface area contributed by atoms with Crippen molar-refractivity contribution in [2.24, 2.45) is 0 Å². The molecule has 0 amide bonds. The highest BCUT2D eigenvalue weighted by atomic mass is 32.1. The molecular formula is C21H26N4OS. The van der Waals surface area contributed by atoms with Crippen LogP contribution in [0.5, 0.6) is 0 Å². The summed E-state index contributed by atoms with van der Waals surface area (Å²) in [5, 5.41) is 10.7. The number of hydrogen-bond acceptors (Lipinski definition) is 6. The number of piperazine rings is 1. The Bertz CT molecular complexity index is 864. The van der Waals surface area contributed by atoms with Gasteiger partial charge >= 0.3 is 0 Å². The van der Waals surface area contributed by atoms with Crippen molar-refractivity contribution < 1.29 is 5.11 Å². The van der Waals surface area contributed by atoms with E-state index in [9.17, 15) is 5.11 Å². The molecule has 1 saturated heterocycles. The van der Waals surface area contributed by atoms with Crippen LogP contribution in [-0.2, 0) is 13.1 Å². The zero-order chi connectivity index (χ0) is 18.6. The van der Waals surface area contributed by atoms with Gasteiger partial charge in [-0.25, -0.2) is 4.98 Å². The lowest BCUT2D eigenvalue weighted by Gasteiger charge is -2.41. The van der Waals surface area contributed by atoms with Gasteiger partial charge in [-0.3, -0.25) is 14.8 Å². The molecule has 142 valence electrons. The third kappa shape index (κ3) is 4.52. The molecule has 6 heteroatoms. The maximum atomic E-state index is 9.55. The molecule has 3 aromatic rings. The molecular weight excluding hydrogens is 356 g/mol. The third-order valence-electron chi connectivity index (χ3n) is 5.16. The lowest BCUT2D eigenvalue weighted by Crippen LogP contribution is -2.52. The number of aliphatic hydroxyl groups is 1. The van der Waals surface area contributed by atoms with Gasteiger partial charge in [-0.15, -0.1) is 11.3 Å². The Labute approximate surface area is 164 Å². The van der Waals surface area contributed by atoms with E-state index in [0.717, 1.165) is 56.0 Å². The maximum Gasteiger partial charge on any atom is 0.108 e. The zero-order valence-electron chi connectivity index (χ0n) is 15.7. The summed E-state index contributed by atoms with van der Waals surface area (Å²) in [5.74, 6) is 0. The maximum absolute atomic E-state index is 9.55. The summed E-state index contributed by atoms with van der Waals surface area (Å²) in [6.45, 7) is 6.96.